The van der Waals surface area contributed by atoms with Gasteiger partial charge in [0, 0.05) is 57.2 Å². The van der Waals surface area contributed by atoms with Crippen LogP contribution >= 0.6 is 0 Å². The van der Waals surface area contributed by atoms with Crippen molar-refractivity contribution in [2.45, 2.75) is 23.5 Å². The van der Waals surface area contributed by atoms with Crippen molar-refractivity contribution in [3.8, 4) is 5.75 Å². The molecule has 3 aromatic rings. The highest BCUT2D eigenvalue weighted by molar-refractivity contribution is 7.89. The normalized spacial score (nSPS) is 19.5. The van der Waals surface area contributed by atoms with Gasteiger partial charge in [-0.2, -0.15) is 4.31 Å². The monoisotopic (exact) mass is 627 g/mol. The Morgan fingerprint density at radius 2 is 1.80 bits per heavy atom. The molecule has 1 amide bonds. The molecule has 1 saturated heterocycles. The number of amides is 1. The number of hydrogen-bond donors (Lipinski definition) is 1. The van der Waals surface area contributed by atoms with E-state index in [2.05, 4.69) is 4.90 Å². The van der Waals surface area contributed by atoms with Crippen molar-refractivity contribution >= 4 is 26.9 Å². The van der Waals surface area contributed by atoms with Crippen LogP contribution in [-0.2, 0) is 24.3 Å². The summed E-state index contributed by atoms with van der Waals surface area (Å²) < 4.78 is 50.6. The zero-order valence-electron chi connectivity index (χ0n) is 24.8. The third-order valence-electron chi connectivity index (χ3n) is 7.86. The number of sulfonamides is 1. The van der Waals surface area contributed by atoms with Gasteiger partial charge in [-0.3, -0.25) is 9.59 Å². The lowest BCUT2D eigenvalue weighted by Gasteiger charge is -2.35. The number of carbonyl (C=O) groups is 1. The summed E-state index contributed by atoms with van der Waals surface area (Å²) in [6, 6.07) is 12.9. The predicted molar refractivity (Wildman–Crippen MR) is 162 cm³/mol. The Morgan fingerprint density at radius 3 is 2.50 bits per heavy atom. The van der Waals surface area contributed by atoms with Gasteiger partial charge in [-0.1, -0.05) is 12.1 Å². The van der Waals surface area contributed by atoms with Gasteiger partial charge < -0.3 is 33.5 Å². The zero-order chi connectivity index (χ0) is 31.3. The van der Waals surface area contributed by atoms with Crippen LogP contribution in [0.5, 0.6) is 5.75 Å². The van der Waals surface area contributed by atoms with Gasteiger partial charge in [0.2, 0.25) is 16.3 Å². The fourth-order valence-electron chi connectivity index (χ4n) is 5.29. The Bertz CT molecular complexity index is 1650. The number of methoxy groups -OCH3 is 1. The predicted octanol–water partition coefficient (Wildman–Crippen LogP) is 1.99. The SMILES string of the molecule is COc1ccc(S(=O)(=O)N(CCO)CCO[C@H]2C[C@@H](c3coc4ccccc4c3=O)C=C(C(=O)N3CCN(C)CC3)O2)cc1. The van der Waals surface area contributed by atoms with Gasteiger partial charge in [-0.15, -0.1) is 0 Å². The summed E-state index contributed by atoms with van der Waals surface area (Å²) >= 11 is 0. The number of rotatable bonds is 11. The van der Waals surface area contributed by atoms with Gasteiger partial charge in [-0.05, 0) is 49.5 Å². The number of nitrogens with zero attached hydrogens (tertiary/aromatic N) is 3. The van der Waals surface area contributed by atoms with E-state index < -0.39 is 22.2 Å². The first-order chi connectivity index (χ1) is 21.2. The van der Waals surface area contributed by atoms with Crippen LogP contribution in [0.15, 0.2) is 80.7 Å². The summed E-state index contributed by atoms with van der Waals surface area (Å²) in [7, 11) is -0.467. The second kappa shape index (κ2) is 13.9. The molecule has 3 heterocycles. The molecule has 0 saturated carbocycles. The molecule has 0 bridgehead atoms. The van der Waals surface area contributed by atoms with Crippen LogP contribution in [0.3, 0.4) is 0 Å². The summed E-state index contributed by atoms with van der Waals surface area (Å²) in [5, 5.41) is 10.0. The van der Waals surface area contributed by atoms with E-state index in [4.69, 9.17) is 18.6 Å². The molecule has 0 aliphatic carbocycles. The number of aliphatic hydroxyl groups is 1. The van der Waals surface area contributed by atoms with E-state index in [9.17, 15) is 23.1 Å². The molecular formula is C31H37N3O9S. The summed E-state index contributed by atoms with van der Waals surface area (Å²) in [5.41, 5.74) is 0.619. The highest BCUT2D eigenvalue weighted by Gasteiger charge is 2.34. The fourth-order valence-corrected chi connectivity index (χ4v) is 6.70. The van der Waals surface area contributed by atoms with Crippen molar-refractivity contribution in [1.82, 2.24) is 14.1 Å². The summed E-state index contributed by atoms with van der Waals surface area (Å²) in [5.74, 6) is -0.259. The highest BCUT2D eigenvalue weighted by atomic mass is 32.2. The number of carbonyl (C=O) groups excluding carboxylic acids is 1. The molecule has 1 aromatic heterocycles. The first kappa shape index (κ1) is 31.7. The number of ether oxygens (including phenoxy) is 3. The van der Waals surface area contributed by atoms with Crippen LogP contribution in [0, 0.1) is 0 Å². The number of allylic oxidation sites excluding steroid dienone is 1. The average molecular weight is 628 g/mol. The molecule has 2 aliphatic rings. The number of hydrogen-bond acceptors (Lipinski definition) is 10. The molecule has 0 unspecified atom stereocenters. The van der Waals surface area contributed by atoms with Crippen molar-refractivity contribution < 1.29 is 36.9 Å². The topological polar surface area (TPSA) is 139 Å². The molecular weight excluding hydrogens is 590 g/mol. The van der Waals surface area contributed by atoms with Gasteiger partial charge in [0.25, 0.3) is 5.91 Å². The van der Waals surface area contributed by atoms with E-state index in [1.807, 2.05) is 7.05 Å². The Labute approximate surface area is 256 Å². The Balaban J connectivity index is 1.35. The maximum absolute atomic E-state index is 13.5. The number of aliphatic hydroxyl groups excluding tert-OH is 1. The van der Waals surface area contributed by atoms with Crippen molar-refractivity contribution in [2.75, 3.05) is 66.6 Å². The largest absolute Gasteiger partial charge is 0.497 e. The minimum atomic E-state index is -3.95. The molecule has 5 rings (SSSR count). The minimum Gasteiger partial charge on any atom is -0.497 e. The quantitative estimate of drug-likeness (QED) is 0.336. The number of para-hydroxylation sites is 1. The molecule has 2 aromatic carbocycles. The smallest absolute Gasteiger partial charge is 0.288 e. The zero-order valence-corrected chi connectivity index (χ0v) is 25.6. The molecule has 12 nitrogen and oxygen atoms in total. The van der Waals surface area contributed by atoms with E-state index >= 15 is 0 Å². The lowest BCUT2D eigenvalue weighted by molar-refractivity contribution is -0.153. The molecule has 44 heavy (non-hydrogen) atoms. The highest BCUT2D eigenvalue weighted by Crippen LogP contribution is 2.32. The molecule has 1 N–H and O–H groups in total. The Morgan fingerprint density at radius 1 is 1.07 bits per heavy atom. The summed E-state index contributed by atoms with van der Waals surface area (Å²) in [4.78, 5) is 30.8. The fraction of sp³-hybridized carbons (Fsp3) is 0.419. The number of benzene rings is 2. The molecule has 13 heteroatoms. The second-order valence-electron chi connectivity index (χ2n) is 10.7. The van der Waals surface area contributed by atoms with Crippen LogP contribution in [0.4, 0.5) is 0 Å². The van der Waals surface area contributed by atoms with E-state index in [-0.39, 0.29) is 54.7 Å². The molecule has 236 valence electrons. The lowest BCUT2D eigenvalue weighted by atomic mass is 9.93. The molecule has 1 fully saturated rings. The second-order valence-corrected chi connectivity index (χ2v) is 12.6. The Hall–Kier alpha value is -3.75. The summed E-state index contributed by atoms with van der Waals surface area (Å²) in [6.07, 6.45) is 2.32. The van der Waals surface area contributed by atoms with E-state index in [0.29, 0.717) is 35.4 Å². The maximum Gasteiger partial charge on any atom is 0.288 e. The first-order valence-electron chi connectivity index (χ1n) is 14.4. The molecule has 2 aliphatic heterocycles. The van der Waals surface area contributed by atoms with Crippen molar-refractivity contribution in [2.24, 2.45) is 0 Å². The van der Waals surface area contributed by atoms with Gasteiger partial charge in [0.15, 0.2) is 11.2 Å². The first-order valence-corrected chi connectivity index (χ1v) is 15.9. The minimum absolute atomic E-state index is 0.0479. The van der Waals surface area contributed by atoms with Crippen LogP contribution in [-0.4, -0.2) is 106 Å². The lowest BCUT2D eigenvalue weighted by Crippen LogP contribution is -2.48. The van der Waals surface area contributed by atoms with Gasteiger partial charge >= 0.3 is 0 Å². The number of piperazine rings is 1. The van der Waals surface area contributed by atoms with Gasteiger partial charge in [-0.25, -0.2) is 8.42 Å². The van der Waals surface area contributed by atoms with E-state index in [1.165, 1.54) is 25.5 Å². The van der Waals surface area contributed by atoms with Crippen molar-refractivity contribution in [3.05, 3.63) is 82.4 Å². The van der Waals surface area contributed by atoms with Crippen LogP contribution in [0.25, 0.3) is 11.0 Å². The summed E-state index contributed by atoms with van der Waals surface area (Å²) in [6.45, 7) is 1.81. The maximum atomic E-state index is 13.5. The van der Waals surface area contributed by atoms with Crippen LogP contribution < -0.4 is 10.2 Å². The van der Waals surface area contributed by atoms with Gasteiger partial charge in [0.05, 0.1) is 36.9 Å². The van der Waals surface area contributed by atoms with Crippen LogP contribution in [0.1, 0.15) is 17.9 Å². The third-order valence-corrected chi connectivity index (χ3v) is 9.77. The average Bonchev–Trinajstić information content (AvgIpc) is 3.04. The van der Waals surface area contributed by atoms with E-state index in [1.54, 1.807) is 47.4 Å². The molecule has 2 atom stereocenters. The number of likely N-dealkylation sites (N-methyl/N-ethyl adjacent to an activating group) is 1. The molecule has 0 spiro atoms. The molecule has 0 radical (unpaired) electrons. The Kier molecular flexibility index (Phi) is 10.0. The third kappa shape index (κ3) is 6.97. The van der Waals surface area contributed by atoms with Gasteiger partial charge in [0.1, 0.15) is 11.3 Å². The standard InChI is InChI=1S/C31H37N3O9S/c1-32-11-13-33(14-12-32)31(37)28-19-22(26-21-42-27-6-4-3-5-25(27)30(26)36)20-29(43-28)41-18-16-34(15-17-35)44(38,39)24-9-7-23(40-2)8-10-24/h3-10,19,21-22,29,35H,11-18,20H2,1-2H3/t22-,29+/m0/s1. The van der Waals surface area contributed by atoms with Crippen molar-refractivity contribution in [3.63, 3.8) is 0 Å². The van der Waals surface area contributed by atoms with Crippen molar-refractivity contribution in [1.29, 1.82) is 0 Å². The van der Waals surface area contributed by atoms with Crippen LogP contribution in [0.2, 0.25) is 0 Å². The van der Waals surface area contributed by atoms with E-state index in [0.717, 1.165) is 17.4 Å². The number of fused-ring (bicyclic) bond motifs is 1.